The van der Waals surface area contributed by atoms with Gasteiger partial charge in [-0.1, -0.05) is 48.5 Å². The van der Waals surface area contributed by atoms with Gasteiger partial charge in [0.15, 0.2) is 0 Å². The van der Waals surface area contributed by atoms with E-state index in [-0.39, 0.29) is 0 Å². The zero-order valence-corrected chi connectivity index (χ0v) is 13.0. The van der Waals surface area contributed by atoms with Crippen molar-refractivity contribution in [3.05, 3.63) is 70.8 Å². The minimum atomic E-state index is 0.368. The number of aryl methyl sites for hydroxylation is 2. The van der Waals surface area contributed by atoms with Gasteiger partial charge in [0, 0.05) is 26.2 Å². The lowest BCUT2D eigenvalue weighted by Crippen LogP contribution is -2.45. The summed E-state index contributed by atoms with van der Waals surface area (Å²) in [6.07, 6.45) is 0. The monoisotopic (exact) mass is 280 g/mol. The molecular weight excluding hydrogens is 256 g/mol. The molecule has 110 valence electrons. The van der Waals surface area contributed by atoms with Crippen LogP contribution in [-0.4, -0.2) is 31.1 Å². The first-order valence-corrected chi connectivity index (χ1v) is 7.82. The molecule has 0 aromatic heterocycles. The Morgan fingerprint density at radius 1 is 0.857 bits per heavy atom. The van der Waals surface area contributed by atoms with Crippen LogP contribution < -0.4 is 5.32 Å². The molecule has 0 aliphatic carbocycles. The van der Waals surface area contributed by atoms with Gasteiger partial charge >= 0.3 is 0 Å². The molecule has 0 bridgehead atoms. The van der Waals surface area contributed by atoms with Gasteiger partial charge in [-0.3, -0.25) is 4.90 Å². The van der Waals surface area contributed by atoms with E-state index in [1.807, 2.05) is 0 Å². The molecule has 2 heteroatoms. The van der Waals surface area contributed by atoms with Crippen molar-refractivity contribution >= 4 is 0 Å². The molecule has 1 heterocycles. The number of hydrogen-bond donors (Lipinski definition) is 1. The molecule has 2 aromatic carbocycles. The standard InChI is InChI=1S/C19H24N2/c1-15-8-9-18(14-16(15)2)19(17-6-4-3-5-7-17)21-12-10-20-11-13-21/h3-9,14,19-20H,10-13H2,1-2H3/t19-/m1/s1. The second kappa shape index (κ2) is 6.42. The maximum Gasteiger partial charge on any atom is 0.0602 e. The van der Waals surface area contributed by atoms with Gasteiger partial charge in [0.25, 0.3) is 0 Å². The van der Waals surface area contributed by atoms with E-state index < -0.39 is 0 Å². The summed E-state index contributed by atoms with van der Waals surface area (Å²) in [7, 11) is 0. The Balaban J connectivity index is 2.00. The third-order valence-electron chi connectivity index (χ3n) is 4.48. The molecule has 1 aliphatic rings. The number of nitrogens with zero attached hydrogens (tertiary/aromatic N) is 1. The summed E-state index contributed by atoms with van der Waals surface area (Å²) in [5.74, 6) is 0. The van der Waals surface area contributed by atoms with Gasteiger partial charge in [-0.25, -0.2) is 0 Å². The molecule has 0 unspecified atom stereocenters. The molecule has 1 aliphatic heterocycles. The highest BCUT2D eigenvalue weighted by atomic mass is 15.2. The SMILES string of the molecule is Cc1ccc([C@@H](c2ccccc2)N2CCNCC2)cc1C. The molecule has 0 radical (unpaired) electrons. The van der Waals surface area contributed by atoms with Crippen LogP contribution in [-0.2, 0) is 0 Å². The third-order valence-corrected chi connectivity index (χ3v) is 4.48. The fraction of sp³-hybridized carbons (Fsp3) is 0.368. The van der Waals surface area contributed by atoms with Crippen LogP contribution in [0.3, 0.4) is 0 Å². The fourth-order valence-electron chi connectivity index (χ4n) is 3.12. The summed E-state index contributed by atoms with van der Waals surface area (Å²) in [5, 5.41) is 3.45. The minimum absolute atomic E-state index is 0.368. The zero-order valence-electron chi connectivity index (χ0n) is 13.0. The van der Waals surface area contributed by atoms with Crippen LogP contribution in [0.1, 0.15) is 28.3 Å². The smallest absolute Gasteiger partial charge is 0.0602 e. The molecule has 2 aromatic rings. The zero-order chi connectivity index (χ0) is 14.7. The summed E-state index contributed by atoms with van der Waals surface area (Å²) in [6, 6.07) is 18.2. The second-order valence-corrected chi connectivity index (χ2v) is 5.94. The van der Waals surface area contributed by atoms with Gasteiger partial charge in [0.05, 0.1) is 6.04 Å². The second-order valence-electron chi connectivity index (χ2n) is 5.94. The van der Waals surface area contributed by atoms with Gasteiger partial charge in [0.2, 0.25) is 0 Å². The normalized spacial score (nSPS) is 17.6. The van der Waals surface area contributed by atoms with Gasteiger partial charge < -0.3 is 5.32 Å². The Morgan fingerprint density at radius 2 is 1.57 bits per heavy atom. The van der Waals surface area contributed by atoms with E-state index in [9.17, 15) is 0 Å². The highest BCUT2D eigenvalue weighted by Gasteiger charge is 2.23. The summed E-state index contributed by atoms with van der Waals surface area (Å²) >= 11 is 0. The molecule has 0 saturated carbocycles. The first-order valence-electron chi connectivity index (χ1n) is 7.82. The third kappa shape index (κ3) is 3.17. The van der Waals surface area contributed by atoms with Crippen molar-refractivity contribution in [1.29, 1.82) is 0 Å². The topological polar surface area (TPSA) is 15.3 Å². The molecule has 2 nitrogen and oxygen atoms in total. The van der Waals surface area contributed by atoms with Crippen molar-refractivity contribution in [3.8, 4) is 0 Å². The van der Waals surface area contributed by atoms with E-state index in [0.29, 0.717) is 6.04 Å². The lowest BCUT2D eigenvalue weighted by Gasteiger charge is -2.35. The van der Waals surface area contributed by atoms with E-state index in [1.165, 1.54) is 22.3 Å². The van der Waals surface area contributed by atoms with E-state index in [2.05, 4.69) is 72.6 Å². The number of rotatable bonds is 3. The lowest BCUT2D eigenvalue weighted by molar-refractivity contribution is 0.198. The van der Waals surface area contributed by atoms with E-state index >= 15 is 0 Å². The Hall–Kier alpha value is -1.64. The molecule has 0 amide bonds. The quantitative estimate of drug-likeness (QED) is 0.928. The van der Waals surface area contributed by atoms with Crippen LogP contribution in [0.5, 0.6) is 0 Å². The highest BCUT2D eigenvalue weighted by molar-refractivity contribution is 5.37. The first kappa shape index (κ1) is 14.3. The molecule has 1 fully saturated rings. The first-order chi connectivity index (χ1) is 10.3. The molecule has 3 rings (SSSR count). The Bertz CT molecular complexity index is 586. The van der Waals surface area contributed by atoms with Crippen molar-refractivity contribution in [3.63, 3.8) is 0 Å². The number of piperazine rings is 1. The largest absolute Gasteiger partial charge is 0.314 e. The van der Waals surface area contributed by atoms with Crippen LogP contribution >= 0.6 is 0 Å². The van der Waals surface area contributed by atoms with Crippen molar-refractivity contribution < 1.29 is 0 Å². The predicted molar refractivity (Wildman–Crippen MR) is 88.6 cm³/mol. The molecule has 1 atom stereocenters. The maximum atomic E-state index is 3.45. The van der Waals surface area contributed by atoms with Crippen molar-refractivity contribution in [2.75, 3.05) is 26.2 Å². The molecule has 21 heavy (non-hydrogen) atoms. The van der Waals surface area contributed by atoms with Crippen molar-refractivity contribution in [1.82, 2.24) is 10.2 Å². The maximum absolute atomic E-state index is 3.45. The van der Waals surface area contributed by atoms with Crippen molar-refractivity contribution in [2.24, 2.45) is 0 Å². The molecule has 1 saturated heterocycles. The Kier molecular flexibility index (Phi) is 4.37. The lowest BCUT2D eigenvalue weighted by atomic mass is 9.94. The van der Waals surface area contributed by atoms with Crippen LogP contribution in [0.15, 0.2) is 48.5 Å². The summed E-state index contributed by atoms with van der Waals surface area (Å²) in [4.78, 5) is 2.59. The van der Waals surface area contributed by atoms with Gasteiger partial charge in [-0.05, 0) is 36.1 Å². The summed E-state index contributed by atoms with van der Waals surface area (Å²) in [6.45, 7) is 8.75. The average Bonchev–Trinajstić information content (AvgIpc) is 2.53. The molecule has 1 N–H and O–H groups in total. The van der Waals surface area contributed by atoms with E-state index in [4.69, 9.17) is 0 Å². The van der Waals surface area contributed by atoms with Gasteiger partial charge in [-0.15, -0.1) is 0 Å². The van der Waals surface area contributed by atoms with Crippen LogP contribution in [0, 0.1) is 13.8 Å². The molecule has 0 spiro atoms. The Labute approximate surface area is 127 Å². The number of benzene rings is 2. The Morgan fingerprint density at radius 3 is 2.24 bits per heavy atom. The molecular formula is C19H24N2. The average molecular weight is 280 g/mol. The number of hydrogen-bond acceptors (Lipinski definition) is 2. The van der Waals surface area contributed by atoms with Crippen molar-refractivity contribution in [2.45, 2.75) is 19.9 Å². The summed E-state index contributed by atoms with van der Waals surface area (Å²) in [5.41, 5.74) is 5.54. The van der Waals surface area contributed by atoms with Crippen LogP contribution in [0.2, 0.25) is 0 Å². The number of nitrogens with one attached hydrogen (secondary N) is 1. The predicted octanol–water partition coefficient (Wildman–Crippen LogP) is 3.30. The van der Waals surface area contributed by atoms with Gasteiger partial charge in [-0.2, -0.15) is 0 Å². The highest BCUT2D eigenvalue weighted by Crippen LogP contribution is 2.30. The summed E-state index contributed by atoms with van der Waals surface area (Å²) < 4.78 is 0. The van der Waals surface area contributed by atoms with Crippen LogP contribution in [0.25, 0.3) is 0 Å². The minimum Gasteiger partial charge on any atom is -0.314 e. The van der Waals surface area contributed by atoms with Gasteiger partial charge in [0.1, 0.15) is 0 Å². The van der Waals surface area contributed by atoms with E-state index in [0.717, 1.165) is 26.2 Å². The van der Waals surface area contributed by atoms with Crippen LogP contribution in [0.4, 0.5) is 0 Å². The van der Waals surface area contributed by atoms with E-state index in [1.54, 1.807) is 0 Å². The fourth-order valence-corrected chi connectivity index (χ4v) is 3.12.